The van der Waals surface area contributed by atoms with Crippen LogP contribution in [0.1, 0.15) is 33.4 Å². The average molecular weight is 532 g/mol. The number of ether oxygens (including phenoxy) is 1. The number of hydrogen-bond acceptors (Lipinski definition) is 11. The molecule has 192 valence electrons. The molecule has 2 aromatic heterocycles. The lowest BCUT2D eigenvalue weighted by atomic mass is 9.92. The van der Waals surface area contributed by atoms with Crippen LogP contribution in [0.5, 0.6) is 0 Å². The molecule has 5 atom stereocenters. The fourth-order valence-electron chi connectivity index (χ4n) is 3.22. The SMILES string of the molecule is C#C[C@@]1(F)C(O)[C@@H](CO[PH](=O)OCCSC(=O)C(C)(C)CC)O[C@H]1n1cnc2c(=O)[nH]c(N)nc21. The molecule has 0 bridgehead atoms. The van der Waals surface area contributed by atoms with Gasteiger partial charge in [-0.1, -0.05) is 38.5 Å². The van der Waals surface area contributed by atoms with E-state index >= 15 is 4.39 Å². The molecule has 2 aromatic rings. The van der Waals surface area contributed by atoms with E-state index < -0.39 is 49.9 Å². The monoisotopic (exact) mass is 531 g/mol. The summed E-state index contributed by atoms with van der Waals surface area (Å²) in [4.78, 5) is 34.2. The first-order valence-corrected chi connectivity index (χ1v) is 12.8. The van der Waals surface area contributed by atoms with Gasteiger partial charge in [-0.05, 0) is 6.42 Å². The van der Waals surface area contributed by atoms with Crippen LogP contribution in [0.2, 0.25) is 0 Å². The molecular weight excluding hydrogens is 504 g/mol. The van der Waals surface area contributed by atoms with Gasteiger partial charge in [0.1, 0.15) is 12.2 Å². The van der Waals surface area contributed by atoms with Crippen molar-refractivity contribution in [3.63, 3.8) is 0 Å². The number of aromatic nitrogens is 4. The van der Waals surface area contributed by atoms with E-state index in [1.165, 1.54) is 0 Å². The van der Waals surface area contributed by atoms with Gasteiger partial charge in [-0.25, -0.2) is 9.37 Å². The molecule has 0 saturated carbocycles. The van der Waals surface area contributed by atoms with Crippen molar-refractivity contribution in [3.05, 3.63) is 16.7 Å². The number of thioether (sulfide) groups is 1. The van der Waals surface area contributed by atoms with E-state index in [-0.39, 0.29) is 34.6 Å². The highest BCUT2D eigenvalue weighted by Gasteiger charge is 2.58. The zero-order valence-electron chi connectivity index (χ0n) is 19.3. The van der Waals surface area contributed by atoms with Gasteiger partial charge in [0.15, 0.2) is 22.5 Å². The summed E-state index contributed by atoms with van der Waals surface area (Å²) in [5, 5.41) is 10.5. The van der Waals surface area contributed by atoms with E-state index in [0.29, 0.717) is 6.42 Å². The topological polar surface area (TPSA) is 172 Å². The van der Waals surface area contributed by atoms with Gasteiger partial charge < -0.3 is 24.6 Å². The summed E-state index contributed by atoms with van der Waals surface area (Å²) < 4.78 is 44.6. The number of H-pyrrole nitrogens is 1. The third-order valence-corrected chi connectivity index (χ3v) is 7.74. The number of carbonyl (C=O) groups is 1. The molecule has 35 heavy (non-hydrogen) atoms. The van der Waals surface area contributed by atoms with Crippen molar-refractivity contribution in [3.8, 4) is 12.3 Å². The van der Waals surface area contributed by atoms with Crippen molar-refractivity contribution in [2.45, 2.75) is 51.3 Å². The molecule has 2 unspecified atom stereocenters. The molecule has 0 amide bonds. The Kier molecular flexibility index (Phi) is 8.41. The molecule has 4 N–H and O–H groups in total. The van der Waals surface area contributed by atoms with Crippen LogP contribution in [-0.4, -0.2) is 66.6 Å². The molecule has 15 heteroatoms. The van der Waals surface area contributed by atoms with Crippen LogP contribution in [0.3, 0.4) is 0 Å². The lowest BCUT2D eigenvalue weighted by Crippen LogP contribution is -2.42. The number of aliphatic hydroxyl groups excluding tert-OH is 1. The number of rotatable bonds is 10. The van der Waals surface area contributed by atoms with E-state index in [1.54, 1.807) is 0 Å². The Bertz CT molecular complexity index is 1210. The smallest absolute Gasteiger partial charge is 0.319 e. The molecule has 1 aliphatic heterocycles. The average Bonchev–Trinajstić information content (AvgIpc) is 3.34. The normalized spacial score (nSPS) is 25.5. The number of carbonyl (C=O) groups excluding carboxylic acids is 1. The first-order chi connectivity index (χ1) is 16.4. The highest BCUT2D eigenvalue weighted by molar-refractivity contribution is 8.13. The van der Waals surface area contributed by atoms with Crippen molar-refractivity contribution in [1.29, 1.82) is 0 Å². The maximum atomic E-state index is 15.6. The summed E-state index contributed by atoms with van der Waals surface area (Å²) in [5.41, 5.74) is 1.47. The number of imidazole rings is 1. The minimum absolute atomic E-state index is 0.00320. The number of nitrogen functional groups attached to an aromatic ring is 1. The second kappa shape index (κ2) is 10.8. The summed E-state index contributed by atoms with van der Waals surface area (Å²) in [6, 6.07) is 0. The van der Waals surface area contributed by atoms with Gasteiger partial charge in [0.2, 0.25) is 11.6 Å². The maximum absolute atomic E-state index is 15.6. The number of fused-ring (bicyclic) bond motifs is 1. The number of nitrogens with zero attached hydrogens (tertiary/aromatic N) is 3. The molecule has 0 aromatic carbocycles. The lowest BCUT2D eigenvalue weighted by molar-refractivity contribution is -0.118. The van der Waals surface area contributed by atoms with E-state index in [2.05, 4.69) is 15.0 Å². The minimum Gasteiger partial charge on any atom is -0.386 e. The molecule has 1 saturated heterocycles. The molecule has 0 aliphatic carbocycles. The second-order valence-electron chi connectivity index (χ2n) is 8.44. The molecule has 3 rings (SSSR count). The van der Waals surface area contributed by atoms with E-state index in [4.69, 9.17) is 25.9 Å². The predicted molar refractivity (Wildman–Crippen MR) is 128 cm³/mol. The zero-order chi connectivity index (χ0) is 26.0. The first kappa shape index (κ1) is 27.3. The van der Waals surface area contributed by atoms with Crippen molar-refractivity contribution in [2.75, 3.05) is 24.7 Å². The van der Waals surface area contributed by atoms with E-state index in [1.807, 2.05) is 26.7 Å². The molecule has 0 spiro atoms. The maximum Gasteiger partial charge on any atom is 0.319 e. The van der Waals surface area contributed by atoms with Gasteiger partial charge in [0.05, 0.1) is 19.5 Å². The van der Waals surface area contributed by atoms with Crippen LogP contribution in [0.25, 0.3) is 11.2 Å². The van der Waals surface area contributed by atoms with Crippen LogP contribution >= 0.6 is 20.0 Å². The molecule has 1 aliphatic rings. The number of aromatic amines is 1. The van der Waals surface area contributed by atoms with E-state index in [0.717, 1.165) is 22.7 Å². The van der Waals surface area contributed by atoms with Crippen LogP contribution < -0.4 is 11.3 Å². The highest BCUT2D eigenvalue weighted by atomic mass is 32.2. The second-order valence-corrected chi connectivity index (χ2v) is 10.6. The Morgan fingerprint density at radius 1 is 1.54 bits per heavy atom. The summed E-state index contributed by atoms with van der Waals surface area (Å²) in [5.74, 6) is 1.93. The Labute approximate surface area is 205 Å². The third-order valence-electron chi connectivity index (χ3n) is 5.71. The number of nitrogens with one attached hydrogen (secondary N) is 1. The number of terminal acetylenes is 1. The van der Waals surface area contributed by atoms with Crippen molar-refractivity contribution in [2.24, 2.45) is 5.41 Å². The summed E-state index contributed by atoms with van der Waals surface area (Å²) in [6.07, 6.45) is 2.32. The van der Waals surface area contributed by atoms with Crippen LogP contribution in [0.4, 0.5) is 10.3 Å². The van der Waals surface area contributed by atoms with Crippen LogP contribution in [0, 0.1) is 17.8 Å². The molecule has 0 radical (unpaired) electrons. The predicted octanol–water partition coefficient (Wildman–Crippen LogP) is 1.42. The van der Waals surface area contributed by atoms with Gasteiger partial charge in [0, 0.05) is 11.2 Å². The largest absolute Gasteiger partial charge is 0.386 e. The number of aliphatic hydroxyl groups is 1. The molecule has 12 nitrogen and oxygen atoms in total. The summed E-state index contributed by atoms with van der Waals surface area (Å²) >= 11 is 1.07. The van der Waals surface area contributed by atoms with Gasteiger partial charge in [0.25, 0.3) is 5.56 Å². The third kappa shape index (κ3) is 5.61. The summed E-state index contributed by atoms with van der Waals surface area (Å²) in [6.45, 7) is 5.09. The van der Waals surface area contributed by atoms with Crippen LogP contribution in [0.15, 0.2) is 11.1 Å². The quantitative estimate of drug-likeness (QED) is 0.230. The van der Waals surface area contributed by atoms with Gasteiger partial charge in [-0.2, -0.15) is 4.98 Å². The van der Waals surface area contributed by atoms with Gasteiger partial charge in [-0.3, -0.25) is 23.7 Å². The van der Waals surface area contributed by atoms with Gasteiger partial charge >= 0.3 is 8.25 Å². The fraction of sp³-hybridized carbons (Fsp3) is 0.600. The van der Waals surface area contributed by atoms with Crippen molar-refractivity contribution < 1.29 is 32.6 Å². The zero-order valence-corrected chi connectivity index (χ0v) is 21.1. The number of halogens is 1. The number of anilines is 1. The van der Waals surface area contributed by atoms with Crippen molar-refractivity contribution >= 4 is 42.2 Å². The molecule has 1 fully saturated rings. The Morgan fingerprint density at radius 2 is 2.26 bits per heavy atom. The molecular formula is C20H27FN5O7PS. The fourth-order valence-corrected chi connectivity index (χ4v) is 4.90. The van der Waals surface area contributed by atoms with E-state index in [9.17, 15) is 19.3 Å². The Balaban J connectivity index is 1.61. The number of hydrogen-bond donors (Lipinski definition) is 3. The number of alkyl halides is 1. The first-order valence-electron chi connectivity index (χ1n) is 10.6. The minimum atomic E-state index is -3.03. The molecule has 3 heterocycles. The van der Waals surface area contributed by atoms with Gasteiger partial charge in [-0.15, -0.1) is 6.42 Å². The highest BCUT2D eigenvalue weighted by Crippen LogP contribution is 2.43. The summed E-state index contributed by atoms with van der Waals surface area (Å²) in [7, 11) is -3.03. The van der Waals surface area contributed by atoms with Crippen molar-refractivity contribution in [1.82, 2.24) is 19.5 Å². The van der Waals surface area contributed by atoms with Crippen LogP contribution in [-0.2, 0) is 23.1 Å². The number of nitrogens with two attached hydrogens (primary N) is 1. The Morgan fingerprint density at radius 3 is 2.91 bits per heavy atom. The lowest BCUT2D eigenvalue weighted by Gasteiger charge is -2.23. The Hall–Kier alpha value is -2.27. The standard InChI is InChI=1S/C20H27FN5O7PS/c1-5-19(3,4)17(29)35-8-7-31-34(30)32-9-11-13(27)20(21,6-2)16(33-11)26-10-23-12-14(26)24-18(22)25-15(12)28/h2,10-11,13,16,27,34H,5,7-9H2,1,3-4H3,(H3,22,24,25,28)/t11-,13?,16-,20-/m1/s1.